The normalized spacial score (nSPS) is 22.7. The van der Waals surface area contributed by atoms with Crippen LogP contribution >= 0.6 is 0 Å². The lowest BCUT2D eigenvalue weighted by Gasteiger charge is -2.16. The number of aliphatic carboxylic acids is 1. The largest absolute Gasteiger partial charge is 0.481 e. The molecule has 64 valence electrons. The van der Waals surface area contributed by atoms with E-state index in [1.165, 1.54) is 12.8 Å². The van der Waals surface area contributed by atoms with Crippen LogP contribution in [0.1, 0.15) is 33.1 Å². The summed E-state index contributed by atoms with van der Waals surface area (Å²) in [5, 5.41) is 11.7. The molecule has 2 N–H and O–H groups in total. The second-order valence-corrected chi connectivity index (χ2v) is 3.70. The van der Waals surface area contributed by atoms with Crippen LogP contribution in [0.3, 0.4) is 0 Å². The number of carboxylic acids is 1. The lowest BCUT2D eigenvalue weighted by atomic mass is 10.2. The molecule has 0 saturated heterocycles. The van der Waals surface area contributed by atoms with Crippen LogP contribution in [0, 0.1) is 0 Å². The van der Waals surface area contributed by atoms with E-state index in [2.05, 4.69) is 12.2 Å². The highest BCUT2D eigenvalue weighted by molar-refractivity contribution is 5.67. The third kappa shape index (κ3) is 2.89. The second-order valence-electron chi connectivity index (χ2n) is 3.70. The van der Waals surface area contributed by atoms with Crippen molar-refractivity contribution in [3.05, 3.63) is 0 Å². The average molecular weight is 157 g/mol. The minimum Gasteiger partial charge on any atom is -0.481 e. The van der Waals surface area contributed by atoms with Crippen molar-refractivity contribution in [1.29, 1.82) is 0 Å². The van der Waals surface area contributed by atoms with Gasteiger partial charge in [0.05, 0.1) is 6.42 Å². The molecule has 1 fully saturated rings. The van der Waals surface area contributed by atoms with E-state index in [4.69, 9.17) is 5.11 Å². The SMILES string of the molecule is CC(CC(=O)O)NC1(C)CC1. The average Bonchev–Trinajstić information content (AvgIpc) is 2.44. The lowest BCUT2D eigenvalue weighted by molar-refractivity contribution is -0.137. The van der Waals surface area contributed by atoms with Gasteiger partial charge in [-0.25, -0.2) is 0 Å². The van der Waals surface area contributed by atoms with Gasteiger partial charge in [-0.15, -0.1) is 0 Å². The molecule has 1 aliphatic rings. The first-order chi connectivity index (χ1) is 5.02. The molecule has 0 spiro atoms. The van der Waals surface area contributed by atoms with Crippen LogP contribution in [0.4, 0.5) is 0 Å². The monoisotopic (exact) mass is 157 g/mol. The summed E-state index contributed by atoms with van der Waals surface area (Å²) >= 11 is 0. The van der Waals surface area contributed by atoms with E-state index in [1.54, 1.807) is 0 Å². The molecule has 0 aromatic carbocycles. The number of nitrogens with one attached hydrogen (secondary N) is 1. The summed E-state index contributed by atoms with van der Waals surface area (Å²) in [6.45, 7) is 4.04. The molecule has 0 aromatic heterocycles. The second kappa shape index (κ2) is 2.81. The van der Waals surface area contributed by atoms with Gasteiger partial charge in [0.1, 0.15) is 0 Å². The van der Waals surface area contributed by atoms with Gasteiger partial charge < -0.3 is 10.4 Å². The standard InChI is InChI=1S/C8H15NO2/c1-6(5-7(10)11)9-8(2)3-4-8/h6,9H,3-5H2,1-2H3,(H,10,11). The fourth-order valence-corrected chi connectivity index (χ4v) is 1.24. The van der Waals surface area contributed by atoms with Crippen molar-refractivity contribution >= 4 is 5.97 Å². The molecule has 0 radical (unpaired) electrons. The molecule has 1 atom stereocenters. The first kappa shape index (κ1) is 8.53. The zero-order chi connectivity index (χ0) is 8.48. The van der Waals surface area contributed by atoms with Gasteiger partial charge in [-0.3, -0.25) is 4.79 Å². The van der Waals surface area contributed by atoms with E-state index in [1.807, 2.05) is 6.92 Å². The Morgan fingerprint density at radius 3 is 2.64 bits per heavy atom. The predicted octanol–water partition coefficient (Wildman–Crippen LogP) is 0.992. The molecule has 3 heteroatoms. The highest BCUT2D eigenvalue weighted by Gasteiger charge is 2.37. The Morgan fingerprint density at radius 2 is 2.27 bits per heavy atom. The van der Waals surface area contributed by atoms with Crippen LogP contribution in [0.15, 0.2) is 0 Å². The molecule has 0 amide bonds. The van der Waals surface area contributed by atoms with Gasteiger partial charge in [0, 0.05) is 11.6 Å². The minimum atomic E-state index is -0.728. The van der Waals surface area contributed by atoms with E-state index < -0.39 is 5.97 Å². The van der Waals surface area contributed by atoms with E-state index >= 15 is 0 Å². The molecule has 3 nitrogen and oxygen atoms in total. The molecule has 1 unspecified atom stereocenters. The van der Waals surface area contributed by atoms with E-state index in [-0.39, 0.29) is 18.0 Å². The maximum atomic E-state index is 10.3. The highest BCUT2D eigenvalue weighted by atomic mass is 16.4. The molecular weight excluding hydrogens is 142 g/mol. The fourth-order valence-electron chi connectivity index (χ4n) is 1.24. The van der Waals surface area contributed by atoms with Crippen molar-refractivity contribution < 1.29 is 9.90 Å². The lowest BCUT2D eigenvalue weighted by Crippen LogP contribution is -2.37. The maximum absolute atomic E-state index is 10.3. The molecule has 1 aliphatic carbocycles. The molecule has 0 bridgehead atoms. The quantitative estimate of drug-likeness (QED) is 0.639. The van der Waals surface area contributed by atoms with E-state index in [0.717, 1.165) is 0 Å². The third-order valence-corrected chi connectivity index (χ3v) is 2.08. The molecule has 0 aromatic rings. The molecule has 0 heterocycles. The number of carboxylic acid groups (broad SMARTS) is 1. The number of hydrogen-bond acceptors (Lipinski definition) is 2. The van der Waals surface area contributed by atoms with Crippen molar-refractivity contribution in [2.75, 3.05) is 0 Å². The third-order valence-electron chi connectivity index (χ3n) is 2.08. The summed E-state index contributed by atoms with van der Waals surface area (Å²) in [5.41, 5.74) is 0.245. The van der Waals surface area contributed by atoms with Gasteiger partial charge in [-0.05, 0) is 26.7 Å². The summed E-state index contributed by atoms with van der Waals surface area (Å²) < 4.78 is 0. The van der Waals surface area contributed by atoms with Gasteiger partial charge in [0.15, 0.2) is 0 Å². The molecule has 1 saturated carbocycles. The summed E-state index contributed by atoms with van der Waals surface area (Å²) in [7, 11) is 0. The van der Waals surface area contributed by atoms with Gasteiger partial charge in [0.25, 0.3) is 0 Å². The summed E-state index contributed by atoms with van der Waals surface area (Å²) in [5.74, 6) is -0.728. The van der Waals surface area contributed by atoms with E-state index in [9.17, 15) is 4.79 Å². The Bertz CT molecular complexity index is 163. The molecule has 0 aliphatic heterocycles. The zero-order valence-corrected chi connectivity index (χ0v) is 7.05. The first-order valence-electron chi connectivity index (χ1n) is 4.01. The summed E-state index contributed by atoms with van der Waals surface area (Å²) in [4.78, 5) is 10.3. The predicted molar refractivity (Wildman–Crippen MR) is 42.5 cm³/mol. The van der Waals surface area contributed by atoms with Crippen LogP contribution in [-0.2, 0) is 4.79 Å². The Balaban J connectivity index is 2.20. The minimum absolute atomic E-state index is 0.0972. The number of carbonyl (C=O) groups is 1. The van der Waals surface area contributed by atoms with Crippen LogP contribution in [0.2, 0.25) is 0 Å². The topological polar surface area (TPSA) is 49.3 Å². The van der Waals surface area contributed by atoms with Crippen LogP contribution < -0.4 is 5.32 Å². The Hall–Kier alpha value is -0.570. The fraction of sp³-hybridized carbons (Fsp3) is 0.875. The van der Waals surface area contributed by atoms with Crippen LogP contribution in [0.5, 0.6) is 0 Å². The van der Waals surface area contributed by atoms with Gasteiger partial charge >= 0.3 is 5.97 Å². The first-order valence-corrected chi connectivity index (χ1v) is 4.01. The summed E-state index contributed by atoms with van der Waals surface area (Å²) in [6.07, 6.45) is 2.57. The van der Waals surface area contributed by atoms with Gasteiger partial charge in [-0.2, -0.15) is 0 Å². The van der Waals surface area contributed by atoms with Crippen molar-refractivity contribution in [3.63, 3.8) is 0 Å². The van der Waals surface area contributed by atoms with Crippen molar-refractivity contribution in [2.24, 2.45) is 0 Å². The Morgan fingerprint density at radius 1 is 1.73 bits per heavy atom. The van der Waals surface area contributed by atoms with Crippen molar-refractivity contribution in [3.8, 4) is 0 Å². The van der Waals surface area contributed by atoms with E-state index in [0.29, 0.717) is 0 Å². The molecule has 1 rings (SSSR count). The highest BCUT2D eigenvalue weighted by Crippen LogP contribution is 2.34. The molecular formula is C8H15NO2. The smallest absolute Gasteiger partial charge is 0.304 e. The van der Waals surface area contributed by atoms with Gasteiger partial charge in [-0.1, -0.05) is 0 Å². The molecule has 11 heavy (non-hydrogen) atoms. The maximum Gasteiger partial charge on any atom is 0.304 e. The van der Waals surface area contributed by atoms with Crippen LogP contribution in [0.25, 0.3) is 0 Å². The number of rotatable bonds is 4. The van der Waals surface area contributed by atoms with Crippen LogP contribution in [-0.4, -0.2) is 22.7 Å². The zero-order valence-electron chi connectivity index (χ0n) is 7.05. The Labute approximate surface area is 66.8 Å². The summed E-state index contributed by atoms with van der Waals surface area (Å²) in [6, 6.07) is 0.0972. The van der Waals surface area contributed by atoms with Crippen molar-refractivity contribution in [2.45, 2.75) is 44.7 Å². The Kier molecular flexibility index (Phi) is 2.18. The van der Waals surface area contributed by atoms with Crippen molar-refractivity contribution in [1.82, 2.24) is 5.32 Å². The van der Waals surface area contributed by atoms with Gasteiger partial charge in [0.2, 0.25) is 0 Å². The number of hydrogen-bond donors (Lipinski definition) is 2.